The molecule has 0 aromatic carbocycles. The Hall–Kier alpha value is -1.66. The number of oxazole rings is 1. The van der Waals surface area contributed by atoms with E-state index in [4.69, 9.17) is 4.42 Å². The summed E-state index contributed by atoms with van der Waals surface area (Å²) in [5.41, 5.74) is 2.01. The van der Waals surface area contributed by atoms with E-state index in [0.29, 0.717) is 18.2 Å². The van der Waals surface area contributed by atoms with Crippen molar-refractivity contribution in [2.45, 2.75) is 26.8 Å². The molecule has 1 aliphatic heterocycles. The van der Waals surface area contributed by atoms with Gasteiger partial charge in [0.05, 0.1) is 5.69 Å². The van der Waals surface area contributed by atoms with Crippen molar-refractivity contribution in [2.75, 3.05) is 26.7 Å². The molecule has 1 unspecified atom stereocenters. The largest absolute Gasteiger partial charge is 0.441 e. The molecular weight excluding hydrogens is 310 g/mol. The first kappa shape index (κ1) is 16.2. The lowest BCUT2D eigenvalue weighted by atomic mass is 10.1. The highest BCUT2D eigenvalue weighted by Gasteiger charge is 2.29. The molecule has 0 bridgehead atoms. The average molecular weight is 333 g/mol. The van der Waals surface area contributed by atoms with Gasteiger partial charge in [0.2, 0.25) is 11.8 Å². The van der Waals surface area contributed by atoms with Crippen LogP contribution in [0.5, 0.6) is 0 Å². The van der Waals surface area contributed by atoms with Crippen molar-refractivity contribution < 1.29 is 9.21 Å². The topological polar surface area (TPSA) is 49.6 Å². The van der Waals surface area contributed by atoms with Crippen molar-refractivity contribution in [3.05, 3.63) is 28.3 Å². The fraction of sp³-hybridized carbons (Fsp3) is 0.529. The van der Waals surface area contributed by atoms with E-state index in [-0.39, 0.29) is 5.91 Å². The minimum absolute atomic E-state index is 0.281. The van der Waals surface area contributed by atoms with Crippen LogP contribution in [0.25, 0.3) is 11.5 Å². The number of amides is 1. The van der Waals surface area contributed by atoms with E-state index in [1.165, 1.54) is 0 Å². The molecule has 1 atom stereocenters. The summed E-state index contributed by atoms with van der Waals surface area (Å²) in [6.07, 6.45) is 0.663. The number of hydrogen-bond acceptors (Lipinski definition) is 5. The highest BCUT2D eigenvalue weighted by Crippen LogP contribution is 2.25. The first-order valence-electron chi connectivity index (χ1n) is 8.02. The quantitative estimate of drug-likeness (QED) is 0.815. The molecule has 0 spiro atoms. The Bertz CT molecular complexity index is 665. The average Bonchev–Trinajstić information content (AvgIpc) is 3.21. The second kappa shape index (κ2) is 6.84. The lowest BCUT2D eigenvalue weighted by Gasteiger charge is -2.20. The highest BCUT2D eigenvalue weighted by molar-refractivity contribution is 7.08. The monoisotopic (exact) mass is 333 g/mol. The van der Waals surface area contributed by atoms with Crippen LogP contribution >= 0.6 is 11.3 Å². The van der Waals surface area contributed by atoms with Crippen LogP contribution in [-0.2, 0) is 11.3 Å². The van der Waals surface area contributed by atoms with E-state index in [9.17, 15) is 4.79 Å². The molecule has 124 valence electrons. The van der Waals surface area contributed by atoms with Gasteiger partial charge in [-0.25, -0.2) is 4.98 Å². The summed E-state index contributed by atoms with van der Waals surface area (Å²) in [5, 5.41) is 4.07. The molecule has 3 rings (SSSR count). The van der Waals surface area contributed by atoms with Crippen molar-refractivity contribution in [2.24, 2.45) is 5.92 Å². The Morgan fingerprint density at radius 1 is 1.52 bits per heavy atom. The third-order valence-corrected chi connectivity index (χ3v) is 5.01. The number of carbonyl (C=O) groups is 1. The summed E-state index contributed by atoms with van der Waals surface area (Å²) in [6, 6.07) is 2.02. The van der Waals surface area contributed by atoms with Crippen LogP contribution in [0.15, 0.2) is 21.2 Å². The number of aromatic nitrogens is 1. The smallest absolute Gasteiger partial charge is 0.227 e. The maximum absolute atomic E-state index is 11.8. The molecule has 5 nitrogen and oxygen atoms in total. The van der Waals surface area contributed by atoms with E-state index in [1.54, 1.807) is 11.3 Å². The standard InChI is InChI=1S/C17H23N3O2S/c1-4-20-9-13(7-16(20)21)8-19(3)10-15-12(2)22-17(18-15)14-5-6-23-11-14/h5-6,11,13H,4,7-10H2,1-3H3. The van der Waals surface area contributed by atoms with Crippen LogP contribution in [0.3, 0.4) is 0 Å². The van der Waals surface area contributed by atoms with Gasteiger partial charge < -0.3 is 14.2 Å². The van der Waals surface area contributed by atoms with Gasteiger partial charge in [-0.2, -0.15) is 11.3 Å². The van der Waals surface area contributed by atoms with E-state index >= 15 is 0 Å². The molecule has 0 saturated carbocycles. The molecule has 0 N–H and O–H groups in total. The van der Waals surface area contributed by atoms with E-state index < -0.39 is 0 Å². The minimum atomic E-state index is 0.281. The third kappa shape index (κ3) is 3.64. The number of thiophene rings is 1. The predicted molar refractivity (Wildman–Crippen MR) is 91.2 cm³/mol. The van der Waals surface area contributed by atoms with Gasteiger partial charge in [-0.15, -0.1) is 0 Å². The summed E-state index contributed by atoms with van der Waals surface area (Å²) in [6.45, 7) is 7.33. The number of hydrogen-bond donors (Lipinski definition) is 0. The van der Waals surface area contributed by atoms with Gasteiger partial charge in [0.1, 0.15) is 5.76 Å². The van der Waals surface area contributed by atoms with Crippen molar-refractivity contribution in [3.63, 3.8) is 0 Å². The Morgan fingerprint density at radius 2 is 2.35 bits per heavy atom. The van der Waals surface area contributed by atoms with Gasteiger partial charge in [-0.3, -0.25) is 4.79 Å². The van der Waals surface area contributed by atoms with Gasteiger partial charge in [0, 0.05) is 43.5 Å². The van der Waals surface area contributed by atoms with Crippen LogP contribution in [0.2, 0.25) is 0 Å². The molecular formula is C17H23N3O2S. The first-order valence-corrected chi connectivity index (χ1v) is 8.96. The van der Waals surface area contributed by atoms with Gasteiger partial charge >= 0.3 is 0 Å². The van der Waals surface area contributed by atoms with Gasteiger partial charge in [-0.1, -0.05) is 0 Å². The molecule has 3 heterocycles. The Kier molecular flexibility index (Phi) is 4.82. The maximum atomic E-state index is 11.8. The molecule has 2 aromatic heterocycles. The molecule has 0 aliphatic carbocycles. The normalized spacial score (nSPS) is 18.3. The lowest BCUT2D eigenvalue weighted by molar-refractivity contribution is -0.127. The summed E-state index contributed by atoms with van der Waals surface area (Å²) in [4.78, 5) is 20.6. The first-order chi connectivity index (χ1) is 11.1. The zero-order valence-corrected chi connectivity index (χ0v) is 14.7. The van der Waals surface area contributed by atoms with E-state index in [1.807, 2.05) is 35.6 Å². The van der Waals surface area contributed by atoms with Crippen molar-refractivity contribution >= 4 is 17.2 Å². The molecule has 23 heavy (non-hydrogen) atoms. The van der Waals surface area contributed by atoms with Crippen LogP contribution in [-0.4, -0.2) is 47.4 Å². The molecule has 1 saturated heterocycles. The predicted octanol–water partition coefficient (Wildman–Crippen LogP) is 3.01. The van der Waals surface area contributed by atoms with Crippen molar-refractivity contribution in [1.29, 1.82) is 0 Å². The van der Waals surface area contributed by atoms with Crippen LogP contribution < -0.4 is 0 Å². The SMILES string of the molecule is CCN1CC(CN(C)Cc2nc(-c3ccsc3)oc2C)CC1=O. The second-order valence-electron chi connectivity index (χ2n) is 6.23. The lowest BCUT2D eigenvalue weighted by Crippen LogP contribution is -2.28. The minimum Gasteiger partial charge on any atom is -0.441 e. The highest BCUT2D eigenvalue weighted by atomic mass is 32.1. The van der Waals surface area contributed by atoms with Gasteiger partial charge in [0.15, 0.2) is 0 Å². The van der Waals surface area contributed by atoms with Crippen molar-refractivity contribution in [1.82, 2.24) is 14.8 Å². The zero-order chi connectivity index (χ0) is 16.4. The number of carbonyl (C=O) groups excluding carboxylic acids is 1. The van der Waals surface area contributed by atoms with Crippen molar-refractivity contribution in [3.8, 4) is 11.5 Å². The fourth-order valence-electron chi connectivity index (χ4n) is 3.13. The van der Waals surface area contributed by atoms with Gasteiger partial charge in [0.25, 0.3) is 0 Å². The molecule has 6 heteroatoms. The summed E-state index contributed by atoms with van der Waals surface area (Å²) >= 11 is 1.64. The van der Waals surface area contributed by atoms with Crippen LogP contribution in [0, 0.1) is 12.8 Å². The molecule has 1 fully saturated rings. The second-order valence-corrected chi connectivity index (χ2v) is 7.01. The molecule has 0 radical (unpaired) electrons. The summed E-state index contributed by atoms with van der Waals surface area (Å²) in [5.74, 6) is 2.26. The number of aryl methyl sites for hydroxylation is 1. The Morgan fingerprint density at radius 3 is 3.00 bits per heavy atom. The third-order valence-electron chi connectivity index (χ3n) is 4.33. The number of nitrogens with zero attached hydrogens (tertiary/aromatic N) is 3. The fourth-order valence-corrected chi connectivity index (χ4v) is 3.76. The Balaban J connectivity index is 1.60. The van der Waals surface area contributed by atoms with Gasteiger partial charge in [-0.05, 0) is 38.3 Å². The van der Waals surface area contributed by atoms with E-state index in [0.717, 1.165) is 43.2 Å². The molecule has 1 aliphatic rings. The summed E-state index contributed by atoms with van der Waals surface area (Å²) in [7, 11) is 2.08. The van der Waals surface area contributed by atoms with Crippen LogP contribution in [0.1, 0.15) is 24.8 Å². The summed E-state index contributed by atoms with van der Waals surface area (Å²) < 4.78 is 5.79. The zero-order valence-electron chi connectivity index (χ0n) is 13.9. The van der Waals surface area contributed by atoms with Crippen LogP contribution in [0.4, 0.5) is 0 Å². The maximum Gasteiger partial charge on any atom is 0.227 e. The van der Waals surface area contributed by atoms with E-state index in [2.05, 4.69) is 16.9 Å². The molecule has 1 amide bonds. The number of likely N-dealkylation sites (tertiary alicyclic amines) is 1. The Labute approximate surface area is 140 Å². The molecule has 2 aromatic rings. The number of rotatable bonds is 6.